The minimum atomic E-state index is -0.242. The van der Waals surface area contributed by atoms with Gasteiger partial charge in [-0.1, -0.05) is 6.92 Å². The van der Waals surface area contributed by atoms with Crippen molar-refractivity contribution in [3.63, 3.8) is 0 Å². The lowest BCUT2D eigenvalue weighted by molar-refractivity contribution is -0.00326. The van der Waals surface area contributed by atoms with Gasteiger partial charge in [-0.25, -0.2) is 4.63 Å². The van der Waals surface area contributed by atoms with Gasteiger partial charge in [-0.3, -0.25) is 4.79 Å². The minimum Gasteiger partial charge on any atom is -0.379 e. The summed E-state index contributed by atoms with van der Waals surface area (Å²) in [6, 6.07) is 0.0670. The first kappa shape index (κ1) is 10.9. The van der Waals surface area contributed by atoms with E-state index in [9.17, 15) is 4.79 Å². The Morgan fingerprint density at radius 3 is 3.06 bits per heavy atom. The molecule has 0 aromatic carbocycles. The van der Waals surface area contributed by atoms with Crippen molar-refractivity contribution in [1.82, 2.24) is 15.2 Å². The maximum Gasteiger partial charge on any atom is 0.280 e. The van der Waals surface area contributed by atoms with Crippen LogP contribution in [-0.2, 0) is 4.74 Å². The molecule has 16 heavy (non-hydrogen) atoms. The van der Waals surface area contributed by atoms with Crippen LogP contribution < -0.4 is 5.73 Å². The molecule has 1 aromatic rings. The van der Waals surface area contributed by atoms with E-state index in [2.05, 4.69) is 14.9 Å². The van der Waals surface area contributed by atoms with Gasteiger partial charge in [0, 0.05) is 6.54 Å². The van der Waals surface area contributed by atoms with E-state index in [1.807, 2.05) is 6.92 Å². The van der Waals surface area contributed by atoms with Gasteiger partial charge in [-0.2, -0.15) is 0 Å². The highest BCUT2D eigenvalue weighted by Gasteiger charge is 2.30. The molecule has 0 bridgehead atoms. The molecule has 0 aliphatic carbocycles. The zero-order valence-electron chi connectivity index (χ0n) is 9.05. The van der Waals surface area contributed by atoms with Crippen molar-refractivity contribution in [3.8, 4) is 0 Å². The van der Waals surface area contributed by atoms with Crippen molar-refractivity contribution < 1.29 is 14.2 Å². The number of carbonyl (C=O) groups is 1. The average Bonchev–Trinajstić information content (AvgIpc) is 2.74. The first-order valence-electron chi connectivity index (χ1n) is 5.20. The molecule has 1 saturated heterocycles. The Balaban J connectivity index is 2.17. The molecule has 0 saturated carbocycles. The van der Waals surface area contributed by atoms with Gasteiger partial charge in [0.15, 0.2) is 0 Å². The van der Waals surface area contributed by atoms with Gasteiger partial charge in [-0.15, -0.1) is 0 Å². The summed E-state index contributed by atoms with van der Waals surface area (Å²) in [5, 5.41) is 6.91. The number of nitrogens with two attached hydrogens (primary N) is 1. The van der Waals surface area contributed by atoms with Crippen molar-refractivity contribution in [2.75, 3.05) is 25.5 Å². The summed E-state index contributed by atoms with van der Waals surface area (Å²) in [5.41, 5.74) is 5.57. The number of amides is 1. The zero-order valence-corrected chi connectivity index (χ0v) is 9.05. The molecule has 0 spiro atoms. The summed E-state index contributed by atoms with van der Waals surface area (Å²) < 4.78 is 9.74. The second kappa shape index (κ2) is 4.48. The van der Waals surface area contributed by atoms with E-state index in [1.165, 1.54) is 0 Å². The van der Waals surface area contributed by atoms with Gasteiger partial charge >= 0.3 is 0 Å². The number of hydrogen-bond donors (Lipinski definition) is 1. The highest BCUT2D eigenvalue weighted by molar-refractivity contribution is 5.96. The molecule has 1 fully saturated rings. The fraction of sp³-hybridized carbons (Fsp3) is 0.667. The van der Waals surface area contributed by atoms with E-state index in [0.717, 1.165) is 6.42 Å². The molecular formula is C9H14N4O3. The SMILES string of the molecule is CCC1COCCN1C(=O)c1nonc1N. The molecule has 2 rings (SSSR count). The van der Waals surface area contributed by atoms with E-state index in [1.54, 1.807) is 4.90 Å². The van der Waals surface area contributed by atoms with Gasteiger partial charge < -0.3 is 15.4 Å². The fourth-order valence-electron chi connectivity index (χ4n) is 1.74. The number of aromatic nitrogens is 2. The van der Waals surface area contributed by atoms with Crippen molar-refractivity contribution in [2.45, 2.75) is 19.4 Å². The Morgan fingerprint density at radius 1 is 1.62 bits per heavy atom. The van der Waals surface area contributed by atoms with Crippen LogP contribution >= 0.6 is 0 Å². The van der Waals surface area contributed by atoms with E-state index < -0.39 is 0 Å². The van der Waals surface area contributed by atoms with Crippen LogP contribution in [-0.4, -0.2) is 46.9 Å². The van der Waals surface area contributed by atoms with Crippen LogP contribution in [0.15, 0.2) is 4.63 Å². The smallest absolute Gasteiger partial charge is 0.280 e. The van der Waals surface area contributed by atoms with Gasteiger partial charge in [0.25, 0.3) is 5.91 Å². The standard InChI is InChI=1S/C9H14N4O3/c1-2-6-5-15-4-3-13(6)9(14)7-8(10)12-16-11-7/h6H,2-5H2,1H3,(H2,10,12). The Bertz CT molecular complexity index is 379. The topological polar surface area (TPSA) is 94.5 Å². The van der Waals surface area contributed by atoms with Crippen LogP contribution in [0.5, 0.6) is 0 Å². The van der Waals surface area contributed by atoms with Crippen LogP contribution in [0.25, 0.3) is 0 Å². The zero-order chi connectivity index (χ0) is 11.5. The number of ether oxygens (including phenoxy) is 1. The number of anilines is 1. The van der Waals surface area contributed by atoms with Crippen molar-refractivity contribution in [3.05, 3.63) is 5.69 Å². The van der Waals surface area contributed by atoms with Crippen LogP contribution in [0, 0.1) is 0 Å². The Hall–Kier alpha value is -1.63. The molecule has 1 atom stereocenters. The number of morpholine rings is 1. The first-order valence-corrected chi connectivity index (χ1v) is 5.20. The molecule has 1 amide bonds. The van der Waals surface area contributed by atoms with Gasteiger partial charge in [-0.05, 0) is 16.7 Å². The lowest BCUT2D eigenvalue weighted by Crippen LogP contribution is -2.48. The predicted octanol–water partition coefficient (Wildman–Crippen LogP) is -0.0972. The number of hydrogen-bond acceptors (Lipinski definition) is 6. The predicted molar refractivity (Wildman–Crippen MR) is 54.6 cm³/mol. The summed E-state index contributed by atoms with van der Waals surface area (Å²) in [6.45, 7) is 3.63. The van der Waals surface area contributed by atoms with E-state index in [4.69, 9.17) is 10.5 Å². The first-order chi connectivity index (χ1) is 7.74. The molecule has 1 aromatic heterocycles. The number of rotatable bonds is 2. The number of nitrogens with zero attached hydrogens (tertiary/aromatic N) is 3. The number of carbonyl (C=O) groups excluding carboxylic acids is 1. The van der Waals surface area contributed by atoms with Crippen LogP contribution in [0.4, 0.5) is 5.82 Å². The second-order valence-corrected chi connectivity index (χ2v) is 3.63. The molecule has 88 valence electrons. The molecule has 0 radical (unpaired) electrons. The van der Waals surface area contributed by atoms with E-state index >= 15 is 0 Å². The third-order valence-corrected chi connectivity index (χ3v) is 2.68. The molecule has 7 heteroatoms. The van der Waals surface area contributed by atoms with Crippen molar-refractivity contribution in [2.24, 2.45) is 0 Å². The highest BCUT2D eigenvalue weighted by Crippen LogP contribution is 2.16. The Labute approximate surface area is 92.5 Å². The van der Waals surface area contributed by atoms with E-state index in [-0.39, 0.29) is 23.5 Å². The molecule has 7 nitrogen and oxygen atoms in total. The summed E-state index contributed by atoms with van der Waals surface area (Å²) in [5.74, 6) is -0.208. The molecule has 1 aliphatic rings. The van der Waals surface area contributed by atoms with Crippen molar-refractivity contribution in [1.29, 1.82) is 0 Å². The van der Waals surface area contributed by atoms with Crippen LogP contribution in [0.1, 0.15) is 23.8 Å². The van der Waals surface area contributed by atoms with E-state index in [0.29, 0.717) is 19.8 Å². The lowest BCUT2D eigenvalue weighted by atomic mass is 10.1. The molecule has 2 N–H and O–H groups in total. The van der Waals surface area contributed by atoms with Crippen molar-refractivity contribution >= 4 is 11.7 Å². The summed E-state index contributed by atoms with van der Waals surface area (Å²) in [6.07, 6.45) is 0.830. The minimum absolute atomic E-state index is 0.0337. The highest BCUT2D eigenvalue weighted by atomic mass is 16.6. The quantitative estimate of drug-likeness (QED) is 0.756. The van der Waals surface area contributed by atoms with Crippen LogP contribution in [0.3, 0.4) is 0 Å². The van der Waals surface area contributed by atoms with Gasteiger partial charge in [0.1, 0.15) is 0 Å². The monoisotopic (exact) mass is 226 g/mol. The molecule has 2 heterocycles. The third-order valence-electron chi connectivity index (χ3n) is 2.68. The van der Waals surface area contributed by atoms with Crippen LogP contribution in [0.2, 0.25) is 0 Å². The fourth-order valence-corrected chi connectivity index (χ4v) is 1.74. The molecule has 1 unspecified atom stereocenters. The summed E-state index contributed by atoms with van der Waals surface area (Å²) in [7, 11) is 0. The maximum atomic E-state index is 12.1. The van der Waals surface area contributed by atoms with Gasteiger partial charge in [0.05, 0.1) is 19.3 Å². The summed E-state index contributed by atoms with van der Waals surface area (Å²) >= 11 is 0. The normalized spacial score (nSPS) is 21.1. The summed E-state index contributed by atoms with van der Waals surface area (Å²) in [4.78, 5) is 13.8. The molecular weight excluding hydrogens is 212 g/mol. The average molecular weight is 226 g/mol. The van der Waals surface area contributed by atoms with Gasteiger partial charge in [0.2, 0.25) is 11.5 Å². The Kier molecular flexibility index (Phi) is 3.04. The third kappa shape index (κ3) is 1.85. The Morgan fingerprint density at radius 2 is 2.44 bits per heavy atom. The maximum absolute atomic E-state index is 12.1. The largest absolute Gasteiger partial charge is 0.379 e. The molecule has 1 aliphatic heterocycles. The number of nitrogen functional groups attached to an aromatic ring is 1. The lowest BCUT2D eigenvalue weighted by Gasteiger charge is -2.34. The second-order valence-electron chi connectivity index (χ2n) is 3.63.